The van der Waals surface area contributed by atoms with E-state index in [2.05, 4.69) is 14.8 Å². The van der Waals surface area contributed by atoms with Gasteiger partial charge in [0, 0.05) is 31.5 Å². The highest BCUT2D eigenvalue weighted by Gasteiger charge is 2.14. The molecule has 0 aliphatic carbocycles. The van der Waals surface area contributed by atoms with Gasteiger partial charge in [0.15, 0.2) is 0 Å². The van der Waals surface area contributed by atoms with Gasteiger partial charge >= 0.3 is 0 Å². The summed E-state index contributed by atoms with van der Waals surface area (Å²) in [6.07, 6.45) is 5.29. The van der Waals surface area contributed by atoms with Crippen LogP contribution in [0.1, 0.15) is 5.56 Å². The molecule has 1 N–H and O–H groups in total. The van der Waals surface area contributed by atoms with Gasteiger partial charge in [-0.15, -0.1) is 0 Å². The molecule has 6 nitrogen and oxygen atoms in total. The molecule has 27 heavy (non-hydrogen) atoms. The molecule has 2 aromatic carbocycles. The molecule has 0 radical (unpaired) electrons. The standard InChI is InChI=1S/C20H18N4O2S/c1-24-14-18(13-22-24)20-9-6-15(11-21-20)12-23-27(25,26)19-8-7-16-4-2-3-5-17(16)10-19/h2-11,13-14,23H,12H2,1H3. The first kappa shape index (κ1) is 17.4. The Bertz CT molecular complexity index is 1200. The van der Waals surface area contributed by atoms with Crippen LogP contribution in [0.5, 0.6) is 0 Å². The highest BCUT2D eigenvalue weighted by atomic mass is 32.2. The van der Waals surface area contributed by atoms with Crippen molar-refractivity contribution in [3.63, 3.8) is 0 Å². The van der Waals surface area contributed by atoms with Gasteiger partial charge in [-0.05, 0) is 34.5 Å². The van der Waals surface area contributed by atoms with Crippen LogP contribution in [-0.2, 0) is 23.6 Å². The average Bonchev–Trinajstić information content (AvgIpc) is 3.13. The minimum atomic E-state index is -3.60. The molecule has 0 unspecified atom stereocenters. The SMILES string of the molecule is Cn1cc(-c2ccc(CNS(=O)(=O)c3ccc4ccccc4c3)cn2)cn1. The number of sulfonamides is 1. The molecular formula is C20H18N4O2S. The van der Waals surface area contributed by atoms with Gasteiger partial charge in [-0.2, -0.15) is 5.10 Å². The van der Waals surface area contributed by atoms with Crippen LogP contribution in [0.2, 0.25) is 0 Å². The predicted octanol–water partition coefficient (Wildman–Crippen LogP) is 3.11. The first-order valence-electron chi connectivity index (χ1n) is 8.44. The number of aryl methyl sites for hydroxylation is 1. The second-order valence-corrected chi connectivity index (χ2v) is 8.05. The number of rotatable bonds is 5. The maximum Gasteiger partial charge on any atom is 0.240 e. The zero-order valence-corrected chi connectivity index (χ0v) is 15.5. The number of nitrogens with zero attached hydrogens (tertiary/aromatic N) is 3. The van der Waals surface area contributed by atoms with E-state index in [9.17, 15) is 8.42 Å². The molecule has 136 valence electrons. The molecule has 0 atom stereocenters. The van der Waals surface area contributed by atoms with Crippen molar-refractivity contribution in [1.82, 2.24) is 19.5 Å². The molecule has 0 aliphatic heterocycles. The van der Waals surface area contributed by atoms with E-state index in [1.807, 2.05) is 55.7 Å². The lowest BCUT2D eigenvalue weighted by atomic mass is 10.1. The number of nitrogens with one attached hydrogen (secondary N) is 1. The average molecular weight is 378 g/mol. The lowest BCUT2D eigenvalue weighted by Crippen LogP contribution is -2.23. The van der Waals surface area contributed by atoms with E-state index in [0.29, 0.717) is 0 Å². The zero-order chi connectivity index (χ0) is 18.9. The highest BCUT2D eigenvalue weighted by molar-refractivity contribution is 7.89. The molecule has 0 saturated heterocycles. The van der Waals surface area contributed by atoms with Crippen LogP contribution in [-0.4, -0.2) is 23.2 Å². The second-order valence-electron chi connectivity index (χ2n) is 6.29. The van der Waals surface area contributed by atoms with E-state index >= 15 is 0 Å². The molecule has 2 aromatic heterocycles. The molecule has 2 heterocycles. The Kier molecular flexibility index (Phi) is 4.47. The maximum atomic E-state index is 12.6. The van der Waals surface area contributed by atoms with Gasteiger partial charge in [0.2, 0.25) is 10.0 Å². The third kappa shape index (κ3) is 3.74. The lowest BCUT2D eigenvalue weighted by Gasteiger charge is -2.08. The third-order valence-electron chi connectivity index (χ3n) is 4.32. The second kappa shape index (κ2) is 6.94. The van der Waals surface area contributed by atoms with E-state index in [1.165, 1.54) is 0 Å². The van der Waals surface area contributed by atoms with Gasteiger partial charge in [0.25, 0.3) is 0 Å². The van der Waals surface area contributed by atoms with Crippen molar-refractivity contribution >= 4 is 20.8 Å². The smallest absolute Gasteiger partial charge is 0.240 e. The number of fused-ring (bicyclic) bond motifs is 1. The Morgan fingerprint density at radius 3 is 2.52 bits per heavy atom. The van der Waals surface area contributed by atoms with Crippen molar-refractivity contribution < 1.29 is 8.42 Å². The van der Waals surface area contributed by atoms with Crippen LogP contribution >= 0.6 is 0 Å². The molecule has 7 heteroatoms. The largest absolute Gasteiger partial charge is 0.275 e. The molecule has 4 aromatic rings. The summed E-state index contributed by atoms with van der Waals surface area (Å²) in [6.45, 7) is 0.176. The minimum Gasteiger partial charge on any atom is -0.275 e. The Balaban J connectivity index is 1.49. The van der Waals surface area contributed by atoms with Crippen LogP contribution in [0.4, 0.5) is 0 Å². The maximum absolute atomic E-state index is 12.6. The van der Waals surface area contributed by atoms with Crippen LogP contribution in [0.25, 0.3) is 22.0 Å². The minimum absolute atomic E-state index is 0.176. The molecular weight excluding hydrogens is 360 g/mol. The number of aromatic nitrogens is 3. The first-order chi connectivity index (χ1) is 13.0. The van der Waals surface area contributed by atoms with Crippen molar-refractivity contribution in [2.24, 2.45) is 7.05 Å². The van der Waals surface area contributed by atoms with Crippen LogP contribution in [0, 0.1) is 0 Å². The van der Waals surface area contributed by atoms with Crippen molar-refractivity contribution in [2.45, 2.75) is 11.4 Å². The van der Waals surface area contributed by atoms with Gasteiger partial charge in [-0.1, -0.05) is 36.4 Å². The van der Waals surface area contributed by atoms with E-state index in [0.717, 1.165) is 27.6 Å². The summed E-state index contributed by atoms with van der Waals surface area (Å²) in [7, 11) is -1.75. The zero-order valence-electron chi connectivity index (χ0n) is 14.7. The molecule has 0 spiro atoms. The van der Waals surface area contributed by atoms with Crippen molar-refractivity contribution in [3.8, 4) is 11.3 Å². The number of hydrogen-bond donors (Lipinski definition) is 1. The summed E-state index contributed by atoms with van der Waals surface area (Å²) in [4.78, 5) is 4.64. The van der Waals surface area contributed by atoms with Gasteiger partial charge < -0.3 is 0 Å². The third-order valence-corrected chi connectivity index (χ3v) is 5.72. The fourth-order valence-corrected chi connectivity index (χ4v) is 3.90. The van der Waals surface area contributed by atoms with Crippen LogP contribution < -0.4 is 4.72 Å². The van der Waals surface area contributed by atoms with Crippen molar-refractivity contribution in [1.29, 1.82) is 0 Å². The molecule has 4 rings (SSSR count). The number of pyridine rings is 1. The van der Waals surface area contributed by atoms with Crippen LogP contribution in [0.3, 0.4) is 0 Å². The summed E-state index contributed by atoms with van der Waals surface area (Å²) >= 11 is 0. The van der Waals surface area contributed by atoms with Crippen molar-refractivity contribution in [2.75, 3.05) is 0 Å². The van der Waals surface area contributed by atoms with Gasteiger partial charge in [0.05, 0.1) is 16.8 Å². The monoisotopic (exact) mass is 378 g/mol. The fraction of sp³-hybridized carbons (Fsp3) is 0.100. The van der Waals surface area contributed by atoms with Crippen LogP contribution in [0.15, 0.2) is 78.1 Å². The normalized spacial score (nSPS) is 11.7. The Labute approximate surface area is 157 Å². The molecule has 0 fully saturated rings. The summed E-state index contributed by atoms with van der Waals surface area (Å²) in [6, 6.07) is 16.5. The van der Waals surface area contributed by atoms with E-state index in [-0.39, 0.29) is 11.4 Å². The van der Waals surface area contributed by atoms with Crippen molar-refractivity contribution in [3.05, 3.63) is 78.8 Å². The van der Waals surface area contributed by atoms with Gasteiger partial charge in [-0.3, -0.25) is 9.67 Å². The topological polar surface area (TPSA) is 76.9 Å². The molecule has 0 saturated carbocycles. The van der Waals surface area contributed by atoms with E-state index in [1.54, 1.807) is 29.2 Å². The predicted molar refractivity (Wildman–Crippen MR) is 104 cm³/mol. The highest BCUT2D eigenvalue weighted by Crippen LogP contribution is 2.19. The molecule has 0 bridgehead atoms. The fourth-order valence-electron chi connectivity index (χ4n) is 2.85. The van der Waals surface area contributed by atoms with E-state index < -0.39 is 10.0 Å². The first-order valence-corrected chi connectivity index (χ1v) is 9.92. The Hall–Kier alpha value is -3.03. The Morgan fingerprint density at radius 2 is 1.81 bits per heavy atom. The number of hydrogen-bond acceptors (Lipinski definition) is 4. The quantitative estimate of drug-likeness (QED) is 0.579. The van der Waals surface area contributed by atoms with E-state index in [4.69, 9.17) is 0 Å². The van der Waals surface area contributed by atoms with Gasteiger partial charge in [0.1, 0.15) is 0 Å². The summed E-state index contributed by atoms with van der Waals surface area (Å²) in [5, 5.41) is 6.02. The van der Waals surface area contributed by atoms with Gasteiger partial charge in [-0.25, -0.2) is 13.1 Å². The molecule has 0 aliphatic rings. The Morgan fingerprint density at radius 1 is 1.00 bits per heavy atom. The lowest BCUT2D eigenvalue weighted by molar-refractivity contribution is 0.581. The summed E-state index contributed by atoms with van der Waals surface area (Å²) < 4.78 is 29.5. The number of benzene rings is 2. The summed E-state index contributed by atoms with van der Waals surface area (Å²) in [5.41, 5.74) is 2.50. The molecule has 0 amide bonds. The summed E-state index contributed by atoms with van der Waals surface area (Å²) in [5.74, 6) is 0.